The molecule has 0 amide bonds. The summed E-state index contributed by atoms with van der Waals surface area (Å²) in [6, 6.07) is 14.8. The van der Waals surface area contributed by atoms with E-state index in [2.05, 4.69) is 52.6 Å². The summed E-state index contributed by atoms with van der Waals surface area (Å²) in [6.07, 6.45) is 1.06. The van der Waals surface area contributed by atoms with Gasteiger partial charge in [-0.05, 0) is 36.6 Å². The maximum absolute atomic E-state index is 4.67. The Hall–Kier alpha value is -2.20. The van der Waals surface area contributed by atoms with E-state index in [9.17, 15) is 0 Å². The summed E-state index contributed by atoms with van der Waals surface area (Å²) >= 11 is 1.76. The second kappa shape index (κ2) is 6.36. The van der Waals surface area contributed by atoms with Crippen molar-refractivity contribution < 1.29 is 0 Å². The van der Waals surface area contributed by atoms with E-state index in [-0.39, 0.29) is 0 Å². The fraction of sp³-hybridized carbons (Fsp3) is 0.250. The molecule has 0 saturated heterocycles. The molecule has 1 aliphatic rings. The van der Waals surface area contributed by atoms with Gasteiger partial charge in [0.05, 0.1) is 11.0 Å². The topological polar surface area (TPSA) is 31.9 Å². The molecule has 0 atom stereocenters. The largest absolute Gasteiger partial charge is 0.371 e. The lowest BCUT2D eigenvalue weighted by Crippen LogP contribution is -2.29. The van der Waals surface area contributed by atoms with Gasteiger partial charge in [-0.1, -0.05) is 48.7 Å². The molecule has 3 aromatic rings. The predicted octanol–water partition coefficient (Wildman–Crippen LogP) is 5.10. The van der Waals surface area contributed by atoms with Crippen molar-refractivity contribution in [2.24, 2.45) is 0 Å². The molecule has 122 valence electrons. The summed E-state index contributed by atoms with van der Waals surface area (Å²) in [5.74, 6) is 0.909. The van der Waals surface area contributed by atoms with Crippen molar-refractivity contribution in [2.45, 2.75) is 24.3 Å². The SMILES string of the molecule is C=C1CCN(CC)c2c(CSc3nc4ccccc4[nH]3)cccc21. The van der Waals surface area contributed by atoms with E-state index in [4.69, 9.17) is 0 Å². The van der Waals surface area contributed by atoms with Gasteiger partial charge in [-0.3, -0.25) is 0 Å². The first kappa shape index (κ1) is 15.3. The van der Waals surface area contributed by atoms with Crippen molar-refractivity contribution in [3.05, 3.63) is 60.2 Å². The maximum Gasteiger partial charge on any atom is 0.166 e. The van der Waals surface area contributed by atoms with Crippen molar-refractivity contribution in [3.63, 3.8) is 0 Å². The fourth-order valence-electron chi connectivity index (χ4n) is 3.34. The molecule has 1 aliphatic heterocycles. The van der Waals surface area contributed by atoms with Crippen molar-refractivity contribution in [3.8, 4) is 0 Å². The molecule has 4 heteroatoms. The van der Waals surface area contributed by atoms with Crippen LogP contribution in [0, 0.1) is 0 Å². The number of hydrogen-bond donors (Lipinski definition) is 1. The van der Waals surface area contributed by atoms with Crippen LogP contribution in [0.4, 0.5) is 5.69 Å². The Labute approximate surface area is 146 Å². The van der Waals surface area contributed by atoms with Gasteiger partial charge in [0, 0.05) is 30.1 Å². The Kier molecular flexibility index (Phi) is 4.07. The number of H-pyrrole nitrogens is 1. The molecule has 0 bridgehead atoms. The van der Waals surface area contributed by atoms with Crippen LogP contribution >= 0.6 is 11.8 Å². The van der Waals surface area contributed by atoms with Gasteiger partial charge in [-0.15, -0.1) is 0 Å². The van der Waals surface area contributed by atoms with Crippen LogP contribution in [0.25, 0.3) is 16.6 Å². The Balaban J connectivity index is 1.63. The van der Waals surface area contributed by atoms with Gasteiger partial charge in [0.15, 0.2) is 5.16 Å². The number of anilines is 1. The number of aromatic amines is 1. The maximum atomic E-state index is 4.67. The number of thioether (sulfide) groups is 1. The van der Waals surface area contributed by atoms with Crippen LogP contribution in [0.2, 0.25) is 0 Å². The second-order valence-electron chi connectivity index (χ2n) is 6.09. The van der Waals surface area contributed by atoms with E-state index in [1.54, 1.807) is 11.8 Å². The molecule has 0 fully saturated rings. The van der Waals surface area contributed by atoms with E-state index >= 15 is 0 Å². The van der Waals surface area contributed by atoms with Crippen LogP contribution in [0.1, 0.15) is 24.5 Å². The Morgan fingerprint density at radius 1 is 1.21 bits per heavy atom. The van der Waals surface area contributed by atoms with Crippen molar-refractivity contribution in [1.82, 2.24) is 9.97 Å². The number of nitrogens with zero attached hydrogens (tertiary/aromatic N) is 2. The van der Waals surface area contributed by atoms with Crippen LogP contribution in [0.3, 0.4) is 0 Å². The van der Waals surface area contributed by atoms with Crippen molar-refractivity contribution in [2.75, 3.05) is 18.0 Å². The average Bonchev–Trinajstić information content (AvgIpc) is 3.03. The number of imidazole rings is 1. The van der Waals surface area contributed by atoms with Crippen molar-refractivity contribution in [1.29, 1.82) is 0 Å². The molecule has 0 spiro atoms. The molecular weight excluding hydrogens is 314 g/mol. The third-order valence-electron chi connectivity index (χ3n) is 4.61. The van der Waals surface area contributed by atoms with Gasteiger partial charge >= 0.3 is 0 Å². The molecule has 2 aromatic carbocycles. The smallest absolute Gasteiger partial charge is 0.166 e. The van der Waals surface area contributed by atoms with Crippen molar-refractivity contribution >= 4 is 34.1 Å². The summed E-state index contributed by atoms with van der Waals surface area (Å²) in [7, 11) is 0. The molecule has 3 nitrogen and oxygen atoms in total. The minimum atomic E-state index is 0.909. The summed E-state index contributed by atoms with van der Waals surface area (Å²) in [5, 5.41) is 0.978. The Morgan fingerprint density at radius 2 is 2.08 bits per heavy atom. The number of para-hydroxylation sites is 3. The zero-order valence-corrected chi connectivity index (χ0v) is 14.7. The van der Waals surface area contributed by atoms with Crippen LogP contribution in [-0.4, -0.2) is 23.1 Å². The molecule has 0 aliphatic carbocycles. The number of aromatic nitrogens is 2. The van der Waals surface area contributed by atoms with Gasteiger partial charge < -0.3 is 9.88 Å². The first-order chi connectivity index (χ1) is 11.8. The fourth-order valence-corrected chi connectivity index (χ4v) is 4.21. The molecule has 1 N–H and O–H groups in total. The van der Waals surface area contributed by atoms with E-state index in [0.29, 0.717) is 0 Å². The standard InChI is InChI=1S/C20H21N3S/c1-3-23-12-11-14(2)16-8-6-7-15(19(16)23)13-24-20-21-17-9-4-5-10-18(17)22-20/h4-10H,2-3,11-13H2,1H3,(H,21,22). The first-order valence-electron chi connectivity index (χ1n) is 8.39. The summed E-state index contributed by atoms with van der Waals surface area (Å²) in [4.78, 5) is 10.5. The summed E-state index contributed by atoms with van der Waals surface area (Å²) in [6.45, 7) is 8.58. The van der Waals surface area contributed by atoms with E-state index < -0.39 is 0 Å². The molecule has 0 saturated carbocycles. The highest BCUT2D eigenvalue weighted by Crippen LogP contribution is 2.38. The molecule has 24 heavy (non-hydrogen) atoms. The molecule has 0 unspecified atom stereocenters. The highest BCUT2D eigenvalue weighted by atomic mass is 32.2. The molecule has 2 heterocycles. The Morgan fingerprint density at radius 3 is 2.92 bits per heavy atom. The number of hydrogen-bond acceptors (Lipinski definition) is 3. The summed E-state index contributed by atoms with van der Waals surface area (Å²) < 4.78 is 0. The number of nitrogens with one attached hydrogen (secondary N) is 1. The van der Waals surface area contributed by atoms with E-state index in [0.717, 1.165) is 41.5 Å². The van der Waals surface area contributed by atoms with Gasteiger partial charge in [-0.25, -0.2) is 4.98 Å². The monoisotopic (exact) mass is 335 g/mol. The minimum absolute atomic E-state index is 0.909. The number of benzene rings is 2. The number of rotatable bonds is 4. The predicted molar refractivity (Wildman–Crippen MR) is 104 cm³/mol. The normalized spacial score (nSPS) is 14.2. The van der Waals surface area contributed by atoms with Crippen LogP contribution in [0.15, 0.2) is 54.2 Å². The van der Waals surface area contributed by atoms with E-state index in [1.165, 1.54) is 22.4 Å². The third-order valence-corrected chi connectivity index (χ3v) is 5.54. The molecule has 4 rings (SSSR count). The number of fused-ring (bicyclic) bond motifs is 2. The lowest BCUT2D eigenvalue weighted by Gasteiger charge is -2.33. The highest BCUT2D eigenvalue weighted by Gasteiger charge is 2.21. The lowest BCUT2D eigenvalue weighted by atomic mass is 9.94. The Bertz CT molecular complexity index is 864. The minimum Gasteiger partial charge on any atom is -0.371 e. The van der Waals surface area contributed by atoms with Gasteiger partial charge in [0.1, 0.15) is 0 Å². The average molecular weight is 335 g/mol. The zero-order valence-electron chi connectivity index (χ0n) is 13.9. The van der Waals surface area contributed by atoms with Gasteiger partial charge in [0.2, 0.25) is 0 Å². The zero-order chi connectivity index (χ0) is 16.5. The third kappa shape index (κ3) is 2.71. The molecule has 0 radical (unpaired) electrons. The van der Waals surface area contributed by atoms with E-state index in [1.807, 2.05) is 18.2 Å². The van der Waals surface area contributed by atoms with Gasteiger partial charge in [-0.2, -0.15) is 0 Å². The quantitative estimate of drug-likeness (QED) is 0.673. The van der Waals surface area contributed by atoms with Crippen LogP contribution in [-0.2, 0) is 5.75 Å². The van der Waals surface area contributed by atoms with Crippen LogP contribution < -0.4 is 4.90 Å². The highest BCUT2D eigenvalue weighted by molar-refractivity contribution is 7.98. The molecular formula is C20H21N3S. The first-order valence-corrected chi connectivity index (χ1v) is 9.37. The molecule has 1 aromatic heterocycles. The summed E-state index contributed by atoms with van der Waals surface area (Å²) in [5.41, 5.74) is 7.41. The lowest BCUT2D eigenvalue weighted by molar-refractivity contribution is 0.805. The van der Waals surface area contributed by atoms with Crippen LogP contribution in [0.5, 0.6) is 0 Å². The van der Waals surface area contributed by atoms with Gasteiger partial charge in [0.25, 0.3) is 0 Å². The second-order valence-corrected chi connectivity index (χ2v) is 7.06.